The molecule has 1 aliphatic rings. The van der Waals surface area contributed by atoms with Gasteiger partial charge in [0.25, 0.3) is 5.69 Å². The van der Waals surface area contributed by atoms with Crippen molar-refractivity contribution >= 4 is 23.3 Å². The number of nitro benzene ring substituents is 1. The van der Waals surface area contributed by atoms with Gasteiger partial charge in [-0.3, -0.25) is 10.1 Å². The minimum Gasteiger partial charge on any atom is -0.505 e. The fraction of sp³-hybridized carbons (Fsp3) is 0.125. The fourth-order valence-electron chi connectivity index (χ4n) is 2.25. The van der Waals surface area contributed by atoms with Gasteiger partial charge in [0.1, 0.15) is 11.4 Å². The Morgan fingerprint density at radius 3 is 2.44 bits per heavy atom. The number of carbonyl (C=O) groups excluding carboxylic acids is 2. The van der Waals surface area contributed by atoms with Crippen LogP contribution in [-0.2, 0) is 19.1 Å². The molecule has 1 N–H and O–H groups in total. The third kappa shape index (κ3) is 3.34. The highest BCUT2D eigenvalue weighted by atomic mass is 16.6. The van der Waals surface area contributed by atoms with Crippen molar-refractivity contribution in [2.24, 2.45) is 0 Å². The predicted octanol–water partition coefficient (Wildman–Crippen LogP) is 1.79. The molecule has 9 heteroatoms. The lowest BCUT2D eigenvalue weighted by atomic mass is 10.1. The topological polar surface area (TPSA) is 119 Å². The van der Waals surface area contributed by atoms with E-state index in [0.717, 1.165) is 25.2 Å². The Morgan fingerprint density at radius 1 is 1.16 bits per heavy atom. The van der Waals surface area contributed by atoms with Crippen molar-refractivity contribution in [2.45, 2.75) is 0 Å². The lowest BCUT2D eigenvalue weighted by molar-refractivity contribution is -0.384. The molecule has 0 unspecified atom stereocenters. The van der Waals surface area contributed by atoms with Gasteiger partial charge in [-0.25, -0.2) is 9.59 Å². The molecule has 0 saturated carbocycles. The highest BCUT2D eigenvalue weighted by molar-refractivity contribution is 6.06. The van der Waals surface area contributed by atoms with Crippen molar-refractivity contribution in [3.63, 3.8) is 0 Å². The van der Waals surface area contributed by atoms with E-state index < -0.39 is 28.3 Å². The maximum Gasteiger partial charge on any atom is 0.355 e. The first kappa shape index (κ1) is 17.7. The van der Waals surface area contributed by atoms with Crippen LogP contribution < -0.4 is 4.90 Å². The first-order chi connectivity index (χ1) is 11.9. The lowest BCUT2D eigenvalue weighted by Crippen LogP contribution is -2.27. The Kier molecular flexibility index (Phi) is 5.18. The Bertz CT molecular complexity index is 824. The zero-order valence-electron chi connectivity index (χ0n) is 13.3. The van der Waals surface area contributed by atoms with Gasteiger partial charge in [-0.2, -0.15) is 0 Å². The Labute approximate surface area is 142 Å². The second-order valence-electron chi connectivity index (χ2n) is 4.72. The van der Waals surface area contributed by atoms with Crippen LogP contribution in [0.4, 0.5) is 11.4 Å². The second-order valence-corrected chi connectivity index (χ2v) is 4.72. The monoisotopic (exact) mass is 346 g/mol. The number of hydrogen-bond donors (Lipinski definition) is 1. The minimum atomic E-state index is -0.936. The van der Waals surface area contributed by atoms with Crippen LogP contribution in [0, 0.1) is 10.1 Å². The maximum absolute atomic E-state index is 12.3. The SMILES string of the molecule is COC(=O)C1=C(C(=O)OC)N(c2c(O)cccc2[N+](=O)[O-])C=CC=C1. The number of methoxy groups -OCH3 is 2. The summed E-state index contributed by atoms with van der Waals surface area (Å²) in [5, 5.41) is 21.5. The fourth-order valence-corrected chi connectivity index (χ4v) is 2.25. The van der Waals surface area contributed by atoms with Crippen molar-refractivity contribution in [1.82, 2.24) is 0 Å². The van der Waals surface area contributed by atoms with Crippen LogP contribution in [0.5, 0.6) is 5.75 Å². The molecule has 0 aliphatic carbocycles. The number of hydrogen-bond acceptors (Lipinski definition) is 8. The smallest absolute Gasteiger partial charge is 0.355 e. The van der Waals surface area contributed by atoms with Gasteiger partial charge in [0.05, 0.1) is 24.7 Å². The van der Waals surface area contributed by atoms with Crippen molar-refractivity contribution in [3.8, 4) is 5.75 Å². The van der Waals surface area contributed by atoms with Crippen molar-refractivity contribution in [3.05, 3.63) is 64.0 Å². The van der Waals surface area contributed by atoms with Crippen LogP contribution in [0.3, 0.4) is 0 Å². The van der Waals surface area contributed by atoms with Gasteiger partial charge in [-0.1, -0.05) is 12.1 Å². The highest BCUT2D eigenvalue weighted by Gasteiger charge is 2.32. The minimum absolute atomic E-state index is 0.183. The van der Waals surface area contributed by atoms with E-state index in [2.05, 4.69) is 4.74 Å². The number of phenolic OH excluding ortho intramolecular Hbond substituents is 1. The predicted molar refractivity (Wildman–Crippen MR) is 86.6 cm³/mol. The average molecular weight is 346 g/mol. The van der Waals surface area contributed by atoms with Crippen molar-refractivity contribution in [2.75, 3.05) is 19.1 Å². The molecule has 1 heterocycles. The number of ether oxygens (including phenoxy) is 2. The van der Waals surface area contributed by atoms with Gasteiger partial charge in [0, 0.05) is 12.3 Å². The molecule has 0 atom stereocenters. The van der Waals surface area contributed by atoms with Crippen LogP contribution in [0.15, 0.2) is 53.9 Å². The summed E-state index contributed by atoms with van der Waals surface area (Å²) in [6.07, 6.45) is 5.48. The van der Waals surface area contributed by atoms with E-state index in [1.807, 2.05) is 0 Å². The van der Waals surface area contributed by atoms with Crippen LogP contribution in [0.2, 0.25) is 0 Å². The maximum atomic E-state index is 12.3. The van der Waals surface area contributed by atoms with E-state index >= 15 is 0 Å². The zero-order chi connectivity index (χ0) is 18.6. The number of allylic oxidation sites excluding steroid dienone is 2. The summed E-state index contributed by atoms with van der Waals surface area (Å²) in [4.78, 5) is 35.9. The summed E-state index contributed by atoms with van der Waals surface area (Å²) in [6, 6.07) is 3.68. The Morgan fingerprint density at radius 2 is 1.84 bits per heavy atom. The third-order valence-corrected chi connectivity index (χ3v) is 3.32. The quantitative estimate of drug-likeness (QED) is 0.498. The standard InChI is InChI=1S/C16H14N2O7/c1-24-15(20)10-6-3-4-9-17(13(10)16(21)25-2)14-11(18(22)23)7-5-8-12(14)19/h3-9,19H,1-2H3. The van der Waals surface area contributed by atoms with Gasteiger partial charge in [0.15, 0.2) is 5.69 Å². The first-order valence-electron chi connectivity index (χ1n) is 6.93. The van der Waals surface area contributed by atoms with Crippen molar-refractivity contribution < 1.29 is 29.1 Å². The molecule has 0 saturated heterocycles. The number of benzene rings is 1. The summed E-state index contributed by atoms with van der Waals surface area (Å²) in [6.45, 7) is 0. The molecule has 2 rings (SSSR count). The van der Waals surface area contributed by atoms with E-state index in [-0.39, 0.29) is 17.0 Å². The molecule has 130 valence electrons. The molecular weight excluding hydrogens is 332 g/mol. The van der Waals surface area contributed by atoms with Gasteiger partial charge in [-0.15, -0.1) is 0 Å². The normalized spacial score (nSPS) is 13.4. The summed E-state index contributed by atoms with van der Waals surface area (Å²) in [5.41, 5.74) is -1.26. The molecule has 0 fully saturated rings. The molecule has 1 aliphatic heterocycles. The van der Waals surface area contributed by atoms with E-state index in [9.17, 15) is 24.8 Å². The molecule has 1 aromatic rings. The molecule has 0 amide bonds. The third-order valence-electron chi connectivity index (χ3n) is 3.32. The van der Waals surface area contributed by atoms with Crippen LogP contribution in [0.1, 0.15) is 0 Å². The number of esters is 2. The van der Waals surface area contributed by atoms with Crippen LogP contribution in [0.25, 0.3) is 0 Å². The van der Waals surface area contributed by atoms with Gasteiger partial charge in [-0.05, 0) is 18.2 Å². The number of nitrogens with zero attached hydrogens (tertiary/aromatic N) is 2. The van der Waals surface area contributed by atoms with E-state index in [1.54, 1.807) is 0 Å². The lowest BCUT2D eigenvalue weighted by Gasteiger charge is -2.23. The molecule has 1 aromatic carbocycles. The van der Waals surface area contributed by atoms with Crippen molar-refractivity contribution in [1.29, 1.82) is 0 Å². The van der Waals surface area contributed by atoms with Gasteiger partial charge < -0.3 is 19.5 Å². The van der Waals surface area contributed by atoms with Gasteiger partial charge >= 0.3 is 11.9 Å². The molecule has 0 spiro atoms. The van der Waals surface area contributed by atoms with Crippen LogP contribution in [-0.4, -0.2) is 36.2 Å². The van der Waals surface area contributed by atoms with Gasteiger partial charge in [0.2, 0.25) is 0 Å². The van der Waals surface area contributed by atoms with Crippen LogP contribution >= 0.6 is 0 Å². The largest absolute Gasteiger partial charge is 0.505 e. The van der Waals surface area contributed by atoms with E-state index in [4.69, 9.17) is 4.74 Å². The summed E-state index contributed by atoms with van der Waals surface area (Å²) in [7, 11) is 2.23. The second kappa shape index (κ2) is 7.30. The first-order valence-corrected chi connectivity index (χ1v) is 6.93. The molecule has 0 bridgehead atoms. The summed E-state index contributed by atoms with van der Waals surface area (Å²) < 4.78 is 9.35. The Balaban J connectivity index is 2.81. The average Bonchev–Trinajstić information content (AvgIpc) is 2.82. The number of para-hydroxylation sites is 1. The highest BCUT2D eigenvalue weighted by Crippen LogP contribution is 2.40. The molecule has 0 aromatic heterocycles. The molecular formula is C16H14N2O7. The number of anilines is 1. The number of nitro groups is 1. The number of phenols is 1. The van der Waals surface area contributed by atoms with E-state index in [0.29, 0.717) is 0 Å². The summed E-state index contributed by atoms with van der Waals surface area (Å²) in [5.74, 6) is -2.23. The number of aromatic hydroxyl groups is 1. The van der Waals surface area contributed by atoms with E-state index in [1.165, 1.54) is 36.6 Å². The zero-order valence-corrected chi connectivity index (χ0v) is 13.3. The molecule has 25 heavy (non-hydrogen) atoms. The number of rotatable bonds is 4. The number of carbonyl (C=O) groups is 2. The summed E-state index contributed by atoms with van der Waals surface area (Å²) >= 11 is 0. The molecule has 9 nitrogen and oxygen atoms in total. The Hall–Kier alpha value is -3.62. The molecule has 0 radical (unpaired) electrons.